The van der Waals surface area contributed by atoms with Gasteiger partial charge in [0, 0.05) is 64.4 Å². The standard InChI is InChI=1S/C20H18O10.2C13H20N2/c1-27-13-7-3-11(4-8-13)19(25)29-15(17(21)22)16(18(23)24)30-20(26)12-5-9-14(28-2)10-6-12;2*1-12-7-9-15(10-8-14-12)11-13-5-3-2-4-6-13/h3-10,15-16H,1-2H3,(H,21,22)(H,23,24);2*2-6,12,14H,7-11H2,1H3/t15-,16-;2*12-/m100/s1. The minimum atomic E-state index is -2.28. The van der Waals surface area contributed by atoms with Crippen molar-refractivity contribution < 1.29 is 48.3 Å². The Labute approximate surface area is 352 Å². The first-order valence-corrected chi connectivity index (χ1v) is 20.1. The molecule has 0 saturated carbocycles. The molecule has 4 atom stereocenters. The zero-order valence-electron chi connectivity index (χ0n) is 34.8. The lowest BCUT2D eigenvalue weighted by atomic mass is 10.1. The van der Waals surface area contributed by atoms with Crippen LogP contribution in [0.1, 0.15) is 58.5 Å². The van der Waals surface area contributed by atoms with Crippen LogP contribution in [0.4, 0.5) is 0 Å². The van der Waals surface area contributed by atoms with Crippen LogP contribution in [0.15, 0.2) is 109 Å². The summed E-state index contributed by atoms with van der Waals surface area (Å²) >= 11 is 0. The van der Waals surface area contributed by atoms with Gasteiger partial charge in [0.15, 0.2) is 0 Å². The molecule has 14 heteroatoms. The van der Waals surface area contributed by atoms with Crippen LogP contribution in [-0.4, -0.2) is 122 Å². The quantitative estimate of drug-likeness (QED) is 0.127. The van der Waals surface area contributed by atoms with Crippen molar-refractivity contribution in [1.82, 2.24) is 20.4 Å². The van der Waals surface area contributed by atoms with Gasteiger partial charge >= 0.3 is 23.9 Å². The molecular weight excluding hydrogens is 769 g/mol. The first kappa shape index (κ1) is 46.9. The Hall–Kier alpha value is -5.80. The summed E-state index contributed by atoms with van der Waals surface area (Å²) in [4.78, 5) is 52.6. The van der Waals surface area contributed by atoms with Crippen LogP contribution in [0.2, 0.25) is 0 Å². The monoisotopic (exact) mass is 826 g/mol. The molecule has 322 valence electrons. The number of carbonyl (C=O) groups is 4. The molecule has 60 heavy (non-hydrogen) atoms. The summed E-state index contributed by atoms with van der Waals surface area (Å²) in [5.74, 6) is -4.94. The van der Waals surface area contributed by atoms with Crippen LogP contribution >= 0.6 is 0 Å². The number of rotatable bonds is 13. The Bertz CT molecular complexity index is 1760. The summed E-state index contributed by atoms with van der Waals surface area (Å²) in [7, 11) is 2.84. The van der Waals surface area contributed by atoms with Crippen LogP contribution in [0.3, 0.4) is 0 Å². The number of carboxylic acid groups (broad SMARTS) is 2. The molecule has 2 aliphatic heterocycles. The molecular formula is C46H58N4O10. The minimum Gasteiger partial charge on any atom is -0.497 e. The van der Waals surface area contributed by atoms with Gasteiger partial charge in [0.25, 0.3) is 0 Å². The number of benzene rings is 4. The van der Waals surface area contributed by atoms with E-state index in [0.29, 0.717) is 23.6 Å². The predicted molar refractivity (Wildman–Crippen MR) is 227 cm³/mol. The lowest BCUT2D eigenvalue weighted by Gasteiger charge is -2.21. The molecule has 2 fully saturated rings. The second kappa shape index (κ2) is 25.0. The molecule has 2 heterocycles. The van der Waals surface area contributed by atoms with Crippen molar-refractivity contribution in [3.63, 3.8) is 0 Å². The molecule has 4 aromatic carbocycles. The Balaban J connectivity index is 0.000000220. The average molecular weight is 827 g/mol. The Morgan fingerprint density at radius 2 is 0.917 bits per heavy atom. The number of hydrogen-bond donors (Lipinski definition) is 4. The highest BCUT2D eigenvalue weighted by atomic mass is 16.6. The third kappa shape index (κ3) is 16.1. The summed E-state index contributed by atoms with van der Waals surface area (Å²) < 4.78 is 19.5. The van der Waals surface area contributed by atoms with Gasteiger partial charge in [-0.25, -0.2) is 19.2 Å². The molecule has 0 unspecified atom stereocenters. The zero-order valence-corrected chi connectivity index (χ0v) is 34.8. The van der Waals surface area contributed by atoms with Gasteiger partial charge in [0.2, 0.25) is 12.2 Å². The topological polar surface area (TPSA) is 176 Å². The fourth-order valence-corrected chi connectivity index (χ4v) is 6.42. The largest absolute Gasteiger partial charge is 0.497 e. The maximum atomic E-state index is 12.2. The molecule has 0 spiro atoms. The number of aliphatic carboxylic acids is 2. The first-order chi connectivity index (χ1) is 28.9. The zero-order chi connectivity index (χ0) is 43.3. The van der Waals surface area contributed by atoms with Gasteiger partial charge in [-0.05, 0) is 86.3 Å². The molecule has 0 amide bonds. The number of methoxy groups -OCH3 is 2. The normalized spacial score (nSPS) is 17.9. The Morgan fingerprint density at radius 1 is 0.567 bits per heavy atom. The Kier molecular flexibility index (Phi) is 19.5. The lowest BCUT2D eigenvalue weighted by molar-refractivity contribution is -0.166. The molecule has 4 aromatic rings. The first-order valence-electron chi connectivity index (χ1n) is 20.1. The number of hydrogen-bond acceptors (Lipinski definition) is 12. The van der Waals surface area contributed by atoms with Crippen LogP contribution < -0.4 is 20.1 Å². The van der Waals surface area contributed by atoms with E-state index in [1.807, 2.05) is 0 Å². The maximum Gasteiger partial charge on any atom is 0.349 e. The van der Waals surface area contributed by atoms with E-state index < -0.39 is 36.1 Å². The number of nitrogens with zero attached hydrogens (tertiary/aromatic N) is 2. The second-order valence-electron chi connectivity index (χ2n) is 14.6. The SMILES string of the molecule is COc1ccc(C(=O)O[C@@H](C(=O)O)[C@@H](OC(=O)c2ccc(OC)cc2)C(=O)O)cc1.C[C@H]1CCN(Cc2ccccc2)CCN1.C[C@H]1CCN(Cc2ccccc2)CCN1. The third-order valence-corrected chi connectivity index (χ3v) is 9.98. The number of esters is 2. The fourth-order valence-electron chi connectivity index (χ4n) is 6.42. The molecule has 0 radical (unpaired) electrons. The molecule has 6 rings (SSSR count). The van der Waals surface area contributed by atoms with Crippen LogP contribution in [0.25, 0.3) is 0 Å². The smallest absolute Gasteiger partial charge is 0.349 e. The van der Waals surface area contributed by atoms with E-state index in [2.05, 4.69) is 94.9 Å². The van der Waals surface area contributed by atoms with E-state index >= 15 is 0 Å². The predicted octanol–water partition coefficient (Wildman–Crippen LogP) is 5.36. The minimum absolute atomic E-state index is 0.0485. The number of carbonyl (C=O) groups excluding carboxylic acids is 2. The highest BCUT2D eigenvalue weighted by Gasteiger charge is 2.41. The molecule has 0 aliphatic carbocycles. The van der Waals surface area contributed by atoms with Crippen molar-refractivity contribution in [2.45, 2.75) is 64.1 Å². The summed E-state index contributed by atoms with van der Waals surface area (Å²) in [6.07, 6.45) is -2.04. The van der Waals surface area contributed by atoms with Crippen molar-refractivity contribution >= 4 is 23.9 Å². The van der Waals surface area contributed by atoms with E-state index in [-0.39, 0.29) is 11.1 Å². The van der Waals surface area contributed by atoms with E-state index in [9.17, 15) is 29.4 Å². The van der Waals surface area contributed by atoms with E-state index in [1.54, 1.807) is 0 Å². The van der Waals surface area contributed by atoms with Gasteiger partial charge in [0.1, 0.15) is 11.5 Å². The number of nitrogens with one attached hydrogen (secondary N) is 2. The molecule has 0 aromatic heterocycles. The van der Waals surface area contributed by atoms with Crippen molar-refractivity contribution in [2.24, 2.45) is 0 Å². The third-order valence-electron chi connectivity index (χ3n) is 9.98. The van der Waals surface area contributed by atoms with E-state index in [4.69, 9.17) is 18.9 Å². The van der Waals surface area contributed by atoms with E-state index in [1.165, 1.54) is 113 Å². The van der Waals surface area contributed by atoms with Gasteiger partial charge in [0.05, 0.1) is 25.3 Å². The van der Waals surface area contributed by atoms with Crippen molar-refractivity contribution in [2.75, 3.05) is 53.5 Å². The van der Waals surface area contributed by atoms with Crippen molar-refractivity contribution in [3.8, 4) is 11.5 Å². The summed E-state index contributed by atoms with van der Waals surface area (Å²) in [6, 6.07) is 33.8. The van der Waals surface area contributed by atoms with Crippen molar-refractivity contribution in [1.29, 1.82) is 0 Å². The summed E-state index contributed by atoms with van der Waals surface area (Å²) in [6.45, 7) is 13.7. The van der Waals surface area contributed by atoms with Gasteiger partial charge in [-0.2, -0.15) is 0 Å². The molecule has 2 saturated heterocycles. The second-order valence-corrected chi connectivity index (χ2v) is 14.6. The van der Waals surface area contributed by atoms with Crippen LogP contribution in [0.5, 0.6) is 11.5 Å². The molecule has 0 bridgehead atoms. The van der Waals surface area contributed by atoms with Crippen LogP contribution in [0, 0.1) is 0 Å². The van der Waals surface area contributed by atoms with Gasteiger partial charge in [-0.1, -0.05) is 60.7 Å². The molecule has 2 aliphatic rings. The van der Waals surface area contributed by atoms with E-state index in [0.717, 1.165) is 26.2 Å². The summed E-state index contributed by atoms with van der Waals surface area (Å²) in [5.41, 5.74) is 2.75. The Morgan fingerprint density at radius 3 is 1.23 bits per heavy atom. The van der Waals surface area contributed by atoms with Crippen LogP contribution in [-0.2, 0) is 32.2 Å². The molecule has 4 N–H and O–H groups in total. The maximum absolute atomic E-state index is 12.2. The lowest BCUT2D eigenvalue weighted by Crippen LogP contribution is -2.45. The highest BCUT2D eigenvalue weighted by Crippen LogP contribution is 2.18. The average Bonchev–Trinajstić information content (AvgIpc) is 3.60. The summed E-state index contributed by atoms with van der Waals surface area (Å²) in [5, 5.41) is 25.7. The van der Waals surface area contributed by atoms with Gasteiger partial charge in [-0.15, -0.1) is 0 Å². The molecule has 14 nitrogen and oxygen atoms in total. The fraction of sp³-hybridized carbons (Fsp3) is 0.391. The van der Waals surface area contributed by atoms with Gasteiger partial charge < -0.3 is 39.8 Å². The van der Waals surface area contributed by atoms with Gasteiger partial charge in [-0.3, -0.25) is 9.80 Å². The van der Waals surface area contributed by atoms with Crippen molar-refractivity contribution in [3.05, 3.63) is 131 Å². The highest BCUT2D eigenvalue weighted by molar-refractivity contribution is 5.95. The number of ether oxygens (including phenoxy) is 4. The number of carboxylic acids is 2.